The number of benzene rings is 4. The van der Waals surface area contributed by atoms with Crippen LogP contribution < -0.4 is 10.3 Å². The first kappa shape index (κ1) is 30.6. The summed E-state index contributed by atoms with van der Waals surface area (Å²) in [5, 5.41) is 9.96. The number of aromatic nitrogens is 2. The number of phenols is 1. The van der Waals surface area contributed by atoms with Crippen LogP contribution in [-0.2, 0) is 23.4 Å². The van der Waals surface area contributed by atoms with Gasteiger partial charge < -0.3 is 14.6 Å². The van der Waals surface area contributed by atoms with E-state index in [1.165, 1.54) is 49.6 Å². The molecule has 5 rings (SSSR count). The molecule has 0 saturated heterocycles. The van der Waals surface area contributed by atoms with Gasteiger partial charge in [0.1, 0.15) is 17.3 Å². The van der Waals surface area contributed by atoms with Crippen molar-refractivity contribution < 1.29 is 40.9 Å². The first-order valence-corrected chi connectivity index (χ1v) is 13.1. The van der Waals surface area contributed by atoms with Gasteiger partial charge in [0.15, 0.2) is 0 Å². The monoisotopic (exact) mass is 614 g/mol. The molecule has 228 valence electrons. The SMILES string of the molecule is COc1ccc(COC(c2ccc(-n3c(Cc4ccccc4)nc4ccc(O)cc4c3=O)cc2)(C(F)(F)F)C(F)(F)F)cc1. The predicted molar refractivity (Wildman–Crippen MR) is 150 cm³/mol. The molecule has 0 radical (unpaired) electrons. The lowest BCUT2D eigenvalue weighted by atomic mass is 9.91. The average Bonchev–Trinajstić information content (AvgIpc) is 2.98. The van der Waals surface area contributed by atoms with Crippen LogP contribution in [0.4, 0.5) is 26.3 Å². The summed E-state index contributed by atoms with van der Waals surface area (Å²) in [6.07, 6.45) is -11.7. The number of alkyl halides is 6. The van der Waals surface area contributed by atoms with Gasteiger partial charge in [0.05, 0.1) is 30.3 Å². The first-order valence-electron chi connectivity index (χ1n) is 13.1. The Bertz CT molecular complexity index is 1800. The molecule has 0 bridgehead atoms. The fourth-order valence-corrected chi connectivity index (χ4v) is 4.88. The highest BCUT2D eigenvalue weighted by Crippen LogP contribution is 2.53. The lowest BCUT2D eigenvalue weighted by Gasteiger charge is -2.37. The summed E-state index contributed by atoms with van der Waals surface area (Å²) in [7, 11) is 1.37. The van der Waals surface area contributed by atoms with Crippen molar-refractivity contribution in [3.8, 4) is 17.2 Å². The summed E-state index contributed by atoms with van der Waals surface area (Å²) in [5.74, 6) is 0.326. The molecule has 5 aromatic rings. The molecule has 4 aromatic carbocycles. The molecular formula is C32H24F6N2O4. The second-order valence-corrected chi connectivity index (χ2v) is 9.89. The van der Waals surface area contributed by atoms with Gasteiger partial charge in [-0.2, -0.15) is 26.3 Å². The number of aromatic hydroxyl groups is 1. The van der Waals surface area contributed by atoms with Crippen LogP contribution in [0.2, 0.25) is 0 Å². The number of rotatable bonds is 8. The highest BCUT2D eigenvalue weighted by molar-refractivity contribution is 5.79. The molecule has 0 aliphatic heterocycles. The van der Waals surface area contributed by atoms with E-state index in [1.54, 1.807) is 30.3 Å². The topological polar surface area (TPSA) is 73.6 Å². The molecule has 0 unspecified atom stereocenters. The maximum absolute atomic E-state index is 14.4. The zero-order chi connectivity index (χ0) is 31.7. The summed E-state index contributed by atoms with van der Waals surface area (Å²) in [6, 6.07) is 21.5. The van der Waals surface area contributed by atoms with Crippen molar-refractivity contribution in [2.24, 2.45) is 0 Å². The standard InChI is InChI=1S/C32H24F6N2O4/c1-43-25-14-7-21(8-15-25)19-44-30(31(33,34)35,32(36,37)38)22-9-11-23(12-10-22)40-28(17-20-5-3-2-4-6-20)39-27-16-13-24(41)18-26(27)29(40)42/h2-16,18,41H,17,19H2,1H3. The molecule has 6 nitrogen and oxygen atoms in total. The second kappa shape index (κ2) is 11.7. The fourth-order valence-electron chi connectivity index (χ4n) is 4.88. The molecular weight excluding hydrogens is 590 g/mol. The van der Waals surface area contributed by atoms with Gasteiger partial charge in [0.25, 0.3) is 11.2 Å². The lowest BCUT2D eigenvalue weighted by Crippen LogP contribution is -2.55. The van der Waals surface area contributed by atoms with E-state index >= 15 is 0 Å². The van der Waals surface area contributed by atoms with Crippen molar-refractivity contribution in [3.63, 3.8) is 0 Å². The molecule has 0 aliphatic carbocycles. The molecule has 1 N–H and O–H groups in total. The van der Waals surface area contributed by atoms with Gasteiger partial charge >= 0.3 is 12.4 Å². The van der Waals surface area contributed by atoms with Crippen LogP contribution in [0.5, 0.6) is 11.5 Å². The zero-order valence-electron chi connectivity index (χ0n) is 23.0. The van der Waals surface area contributed by atoms with Gasteiger partial charge in [-0.25, -0.2) is 4.98 Å². The highest BCUT2D eigenvalue weighted by Gasteiger charge is 2.73. The van der Waals surface area contributed by atoms with Gasteiger partial charge in [0.2, 0.25) is 0 Å². The second-order valence-electron chi connectivity index (χ2n) is 9.89. The lowest BCUT2D eigenvalue weighted by molar-refractivity contribution is -0.392. The van der Waals surface area contributed by atoms with Crippen LogP contribution in [0.25, 0.3) is 16.6 Å². The molecule has 1 aromatic heterocycles. The smallest absolute Gasteiger partial charge is 0.430 e. The van der Waals surface area contributed by atoms with E-state index in [0.29, 0.717) is 17.9 Å². The molecule has 12 heteroatoms. The highest BCUT2D eigenvalue weighted by atomic mass is 19.4. The minimum absolute atomic E-state index is 0.00800. The number of phenolic OH excluding ortho intramolecular Hbond substituents is 1. The van der Waals surface area contributed by atoms with Gasteiger partial charge in [-0.3, -0.25) is 9.36 Å². The average molecular weight is 615 g/mol. The Hall–Kier alpha value is -4.84. The largest absolute Gasteiger partial charge is 0.508 e. The predicted octanol–water partition coefficient (Wildman–Crippen LogP) is 7.23. The zero-order valence-corrected chi connectivity index (χ0v) is 23.0. The van der Waals surface area contributed by atoms with Crippen molar-refractivity contribution in [1.29, 1.82) is 0 Å². The minimum Gasteiger partial charge on any atom is -0.508 e. The Balaban J connectivity index is 1.62. The Labute approximate surface area is 246 Å². The summed E-state index contributed by atoms with van der Waals surface area (Å²) < 4.78 is 97.4. The summed E-state index contributed by atoms with van der Waals surface area (Å²) in [6.45, 7) is -1.01. The van der Waals surface area contributed by atoms with Crippen molar-refractivity contribution >= 4 is 10.9 Å². The van der Waals surface area contributed by atoms with Crippen LogP contribution in [0.1, 0.15) is 22.5 Å². The molecule has 0 aliphatic rings. The molecule has 1 heterocycles. The summed E-state index contributed by atoms with van der Waals surface area (Å²) in [4.78, 5) is 18.1. The maximum Gasteiger partial charge on any atom is 0.430 e. The van der Waals surface area contributed by atoms with Gasteiger partial charge in [-0.1, -0.05) is 54.6 Å². The van der Waals surface area contributed by atoms with E-state index < -0.39 is 35.7 Å². The molecule has 44 heavy (non-hydrogen) atoms. The Kier molecular flexibility index (Phi) is 8.13. The molecule has 0 amide bonds. The van der Waals surface area contributed by atoms with Crippen molar-refractivity contribution in [1.82, 2.24) is 9.55 Å². The number of hydrogen-bond donors (Lipinski definition) is 1. The third kappa shape index (κ3) is 5.72. The van der Waals surface area contributed by atoms with Crippen molar-refractivity contribution in [3.05, 3.63) is 130 Å². The first-order chi connectivity index (χ1) is 20.8. The van der Waals surface area contributed by atoms with E-state index in [9.17, 15) is 36.2 Å². The number of hydrogen-bond acceptors (Lipinski definition) is 5. The van der Waals surface area contributed by atoms with Crippen LogP contribution >= 0.6 is 0 Å². The van der Waals surface area contributed by atoms with E-state index in [0.717, 1.165) is 22.3 Å². The van der Waals surface area contributed by atoms with E-state index in [1.807, 2.05) is 0 Å². The van der Waals surface area contributed by atoms with E-state index in [2.05, 4.69) is 4.98 Å². The number of methoxy groups -OCH3 is 1. The third-order valence-electron chi connectivity index (χ3n) is 7.07. The normalized spacial score (nSPS) is 12.4. The van der Waals surface area contributed by atoms with Crippen LogP contribution in [-0.4, -0.2) is 34.1 Å². The van der Waals surface area contributed by atoms with Crippen LogP contribution in [0.15, 0.2) is 102 Å². The van der Waals surface area contributed by atoms with E-state index in [-0.39, 0.29) is 40.1 Å². The summed E-state index contributed by atoms with van der Waals surface area (Å²) >= 11 is 0. The minimum atomic E-state index is -5.91. The molecule has 0 spiro atoms. The number of fused-ring (bicyclic) bond motifs is 1. The number of nitrogens with zero attached hydrogens (tertiary/aromatic N) is 2. The van der Waals surface area contributed by atoms with E-state index in [4.69, 9.17) is 9.47 Å². The Morgan fingerprint density at radius 2 is 1.43 bits per heavy atom. The Morgan fingerprint density at radius 3 is 2.02 bits per heavy atom. The number of halogens is 6. The van der Waals surface area contributed by atoms with Crippen LogP contribution in [0.3, 0.4) is 0 Å². The van der Waals surface area contributed by atoms with Crippen molar-refractivity contribution in [2.45, 2.75) is 31.0 Å². The summed E-state index contributed by atoms with van der Waals surface area (Å²) in [5.41, 5.74) is -5.53. The third-order valence-corrected chi connectivity index (χ3v) is 7.07. The van der Waals surface area contributed by atoms with Gasteiger partial charge in [-0.05, 0) is 53.6 Å². The maximum atomic E-state index is 14.4. The molecule has 0 atom stereocenters. The Morgan fingerprint density at radius 1 is 0.795 bits per heavy atom. The van der Waals surface area contributed by atoms with Crippen LogP contribution in [0, 0.1) is 0 Å². The van der Waals surface area contributed by atoms with Gasteiger partial charge in [-0.15, -0.1) is 0 Å². The quantitative estimate of drug-likeness (QED) is 0.187. The molecule has 0 fully saturated rings. The fraction of sp³-hybridized carbons (Fsp3) is 0.188. The van der Waals surface area contributed by atoms with Gasteiger partial charge in [0, 0.05) is 12.0 Å². The van der Waals surface area contributed by atoms with Crippen molar-refractivity contribution in [2.75, 3.05) is 7.11 Å². The molecule has 0 saturated carbocycles. The number of ether oxygens (including phenoxy) is 2.